The van der Waals surface area contributed by atoms with E-state index in [0.29, 0.717) is 0 Å². The summed E-state index contributed by atoms with van der Waals surface area (Å²) in [5.41, 5.74) is 0. The molecule has 1 aliphatic carbocycles. The molecule has 88 valence electrons. The molecule has 2 nitrogen and oxygen atoms in total. The van der Waals surface area contributed by atoms with E-state index < -0.39 is 0 Å². The molecule has 1 aliphatic heterocycles. The van der Waals surface area contributed by atoms with Crippen molar-refractivity contribution >= 4 is 0 Å². The maximum atomic E-state index is 3.51. The van der Waals surface area contributed by atoms with Crippen molar-refractivity contribution in [2.45, 2.75) is 57.5 Å². The van der Waals surface area contributed by atoms with Crippen molar-refractivity contribution in [2.24, 2.45) is 5.92 Å². The van der Waals surface area contributed by atoms with Crippen molar-refractivity contribution in [3.05, 3.63) is 0 Å². The molecule has 0 spiro atoms. The van der Waals surface area contributed by atoms with Crippen LogP contribution in [0.15, 0.2) is 0 Å². The lowest BCUT2D eigenvalue weighted by atomic mass is 10.00. The number of nitrogens with one attached hydrogen (secondary N) is 1. The molecule has 2 rings (SSSR count). The Bertz CT molecular complexity index is 185. The normalized spacial score (nSPS) is 38.2. The molecule has 1 saturated carbocycles. The molecule has 0 aromatic heterocycles. The highest BCUT2D eigenvalue weighted by Gasteiger charge is 2.30. The second-order valence-electron chi connectivity index (χ2n) is 5.48. The Hall–Kier alpha value is -0.0800. The van der Waals surface area contributed by atoms with Crippen LogP contribution in [0.5, 0.6) is 0 Å². The first-order valence-corrected chi connectivity index (χ1v) is 6.71. The highest BCUT2D eigenvalue weighted by molar-refractivity contribution is 4.86. The van der Waals surface area contributed by atoms with Crippen molar-refractivity contribution in [1.82, 2.24) is 10.2 Å². The second-order valence-corrected chi connectivity index (χ2v) is 5.48. The van der Waals surface area contributed by atoms with Gasteiger partial charge in [-0.25, -0.2) is 0 Å². The Kier molecular flexibility index (Phi) is 4.04. The highest BCUT2D eigenvalue weighted by Crippen LogP contribution is 2.31. The molecule has 1 heterocycles. The Labute approximate surface area is 94.4 Å². The third-order valence-electron chi connectivity index (χ3n) is 4.46. The van der Waals surface area contributed by atoms with Crippen molar-refractivity contribution in [1.29, 1.82) is 0 Å². The molecule has 15 heavy (non-hydrogen) atoms. The number of rotatable bonds is 2. The number of hydrogen-bond donors (Lipinski definition) is 1. The van der Waals surface area contributed by atoms with Crippen LogP contribution >= 0.6 is 0 Å². The van der Waals surface area contributed by atoms with E-state index in [4.69, 9.17) is 0 Å². The third-order valence-corrected chi connectivity index (χ3v) is 4.46. The van der Waals surface area contributed by atoms with Gasteiger partial charge in [0.15, 0.2) is 0 Å². The Morgan fingerprint density at radius 2 is 1.87 bits per heavy atom. The lowest BCUT2D eigenvalue weighted by molar-refractivity contribution is 0.135. The first kappa shape index (κ1) is 11.4. The zero-order valence-electron chi connectivity index (χ0n) is 10.3. The lowest BCUT2D eigenvalue weighted by Crippen LogP contribution is -2.41. The van der Waals surface area contributed by atoms with E-state index >= 15 is 0 Å². The quantitative estimate of drug-likeness (QED) is 0.752. The average Bonchev–Trinajstić information content (AvgIpc) is 2.53. The van der Waals surface area contributed by atoms with Crippen LogP contribution in [0, 0.1) is 5.92 Å². The van der Waals surface area contributed by atoms with Crippen LogP contribution in [0.1, 0.15) is 45.4 Å². The zero-order valence-corrected chi connectivity index (χ0v) is 10.3. The largest absolute Gasteiger partial charge is 0.317 e. The monoisotopic (exact) mass is 210 g/mol. The maximum Gasteiger partial charge on any atom is 0.0121 e. The summed E-state index contributed by atoms with van der Waals surface area (Å²) < 4.78 is 0. The molecule has 2 heteroatoms. The Balaban J connectivity index is 1.90. The van der Waals surface area contributed by atoms with Gasteiger partial charge in [-0.2, -0.15) is 0 Å². The number of hydrogen-bond acceptors (Lipinski definition) is 2. The van der Waals surface area contributed by atoms with Gasteiger partial charge in [-0.1, -0.05) is 13.3 Å². The number of nitrogens with zero attached hydrogens (tertiary/aromatic N) is 1. The van der Waals surface area contributed by atoms with Gasteiger partial charge < -0.3 is 10.2 Å². The summed E-state index contributed by atoms with van der Waals surface area (Å²) in [5.74, 6) is 0.922. The summed E-state index contributed by atoms with van der Waals surface area (Å²) in [7, 11) is 2.36. The molecule has 3 atom stereocenters. The molecule has 1 N–H and O–H groups in total. The van der Waals surface area contributed by atoms with Gasteiger partial charge in [0, 0.05) is 12.1 Å². The summed E-state index contributed by atoms with van der Waals surface area (Å²) in [5, 5.41) is 3.51. The summed E-state index contributed by atoms with van der Waals surface area (Å²) in [6.45, 7) is 4.88. The Morgan fingerprint density at radius 3 is 2.60 bits per heavy atom. The maximum absolute atomic E-state index is 3.51. The standard InChI is InChI=1S/C13H26N2/c1-11-5-3-7-13(11)15(2)12-6-4-9-14-10-8-12/h11-14H,3-10H2,1-2H3. The summed E-state index contributed by atoms with van der Waals surface area (Å²) in [6.07, 6.45) is 8.42. The van der Waals surface area contributed by atoms with Gasteiger partial charge in [-0.05, 0) is 58.2 Å². The van der Waals surface area contributed by atoms with Gasteiger partial charge >= 0.3 is 0 Å². The molecule has 1 saturated heterocycles. The fourth-order valence-electron chi connectivity index (χ4n) is 3.41. The minimum absolute atomic E-state index is 0.838. The van der Waals surface area contributed by atoms with E-state index in [9.17, 15) is 0 Å². The van der Waals surface area contributed by atoms with E-state index in [1.54, 1.807) is 0 Å². The Morgan fingerprint density at radius 1 is 1.00 bits per heavy atom. The minimum Gasteiger partial charge on any atom is -0.317 e. The van der Waals surface area contributed by atoms with Crippen LogP contribution in [-0.2, 0) is 0 Å². The predicted molar refractivity (Wildman–Crippen MR) is 65.1 cm³/mol. The van der Waals surface area contributed by atoms with E-state index in [1.165, 1.54) is 51.6 Å². The lowest BCUT2D eigenvalue weighted by Gasteiger charge is -2.34. The van der Waals surface area contributed by atoms with Crippen LogP contribution in [0.25, 0.3) is 0 Å². The fourth-order valence-corrected chi connectivity index (χ4v) is 3.41. The zero-order chi connectivity index (χ0) is 10.7. The van der Waals surface area contributed by atoms with Crippen molar-refractivity contribution < 1.29 is 0 Å². The van der Waals surface area contributed by atoms with Gasteiger partial charge in [-0.15, -0.1) is 0 Å². The molecule has 2 aliphatic rings. The minimum atomic E-state index is 0.838. The van der Waals surface area contributed by atoms with Crippen molar-refractivity contribution in [3.63, 3.8) is 0 Å². The molecular weight excluding hydrogens is 184 g/mol. The smallest absolute Gasteiger partial charge is 0.0121 e. The molecule has 0 amide bonds. The molecule has 0 aromatic carbocycles. The van der Waals surface area contributed by atoms with Crippen molar-refractivity contribution in [2.75, 3.05) is 20.1 Å². The summed E-state index contributed by atoms with van der Waals surface area (Å²) >= 11 is 0. The molecular formula is C13H26N2. The molecule has 2 fully saturated rings. The molecule has 0 radical (unpaired) electrons. The fraction of sp³-hybridized carbons (Fsp3) is 1.00. The SMILES string of the molecule is CC1CCCC1N(C)C1CCCNCC1. The van der Waals surface area contributed by atoms with Crippen LogP contribution < -0.4 is 5.32 Å². The summed E-state index contributed by atoms with van der Waals surface area (Å²) in [4.78, 5) is 2.70. The van der Waals surface area contributed by atoms with Gasteiger partial charge in [0.1, 0.15) is 0 Å². The van der Waals surface area contributed by atoms with Crippen LogP contribution in [0.3, 0.4) is 0 Å². The van der Waals surface area contributed by atoms with Gasteiger partial charge in [0.25, 0.3) is 0 Å². The van der Waals surface area contributed by atoms with Crippen LogP contribution in [-0.4, -0.2) is 37.1 Å². The summed E-state index contributed by atoms with van der Waals surface area (Å²) in [6, 6.07) is 1.71. The first-order valence-electron chi connectivity index (χ1n) is 6.71. The first-order chi connectivity index (χ1) is 7.29. The molecule has 0 bridgehead atoms. The van der Waals surface area contributed by atoms with Gasteiger partial charge in [-0.3, -0.25) is 0 Å². The van der Waals surface area contributed by atoms with E-state index in [2.05, 4.69) is 24.2 Å². The molecule has 0 aromatic rings. The van der Waals surface area contributed by atoms with E-state index in [0.717, 1.165) is 18.0 Å². The highest BCUT2D eigenvalue weighted by atomic mass is 15.2. The van der Waals surface area contributed by atoms with Gasteiger partial charge in [0.2, 0.25) is 0 Å². The predicted octanol–water partition coefficient (Wildman–Crippen LogP) is 2.25. The topological polar surface area (TPSA) is 15.3 Å². The van der Waals surface area contributed by atoms with Crippen LogP contribution in [0.4, 0.5) is 0 Å². The third kappa shape index (κ3) is 2.73. The van der Waals surface area contributed by atoms with Gasteiger partial charge in [0.05, 0.1) is 0 Å². The van der Waals surface area contributed by atoms with E-state index in [-0.39, 0.29) is 0 Å². The van der Waals surface area contributed by atoms with E-state index in [1.807, 2.05) is 0 Å². The molecule has 3 unspecified atom stereocenters. The average molecular weight is 210 g/mol. The van der Waals surface area contributed by atoms with Crippen LogP contribution in [0.2, 0.25) is 0 Å². The second kappa shape index (κ2) is 5.31. The van der Waals surface area contributed by atoms with Crippen molar-refractivity contribution in [3.8, 4) is 0 Å².